The van der Waals surface area contributed by atoms with E-state index in [2.05, 4.69) is 37.3 Å². The van der Waals surface area contributed by atoms with Crippen molar-refractivity contribution in [2.24, 2.45) is 5.84 Å². The average molecular weight is 374 g/mol. The van der Waals surface area contributed by atoms with Gasteiger partial charge in [0.15, 0.2) is 0 Å². The van der Waals surface area contributed by atoms with E-state index in [0.29, 0.717) is 0 Å². The fourth-order valence-corrected chi connectivity index (χ4v) is 2.61. The van der Waals surface area contributed by atoms with Crippen LogP contribution in [0.4, 0.5) is 4.39 Å². The highest BCUT2D eigenvalue weighted by Gasteiger charge is 2.15. The molecule has 1 unspecified atom stereocenters. The number of nitrogens with one attached hydrogen (secondary N) is 1. The molecule has 2 nitrogen and oxygen atoms in total. The lowest BCUT2D eigenvalue weighted by atomic mass is 9.99. The van der Waals surface area contributed by atoms with E-state index in [0.717, 1.165) is 20.1 Å². The zero-order valence-electron chi connectivity index (χ0n) is 9.33. The van der Waals surface area contributed by atoms with Gasteiger partial charge in [-0.05, 0) is 41.5 Å². The third-order valence-electron chi connectivity index (χ3n) is 2.64. The van der Waals surface area contributed by atoms with Crippen molar-refractivity contribution in [1.29, 1.82) is 0 Å². The molecule has 18 heavy (non-hydrogen) atoms. The van der Waals surface area contributed by atoms with Crippen molar-refractivity contribution in [2.45, 2.75) is 6.04 Å². The SMILES string of the molecule is NNC(c1ccc(F)cc1)c1cc(Br)ccc1Br. The van der Waals surface area contributed by atoms with Crippen LogP contribution in [-0.2, 0) is 0 Å². The first-order valence-corrected chi connectivity index (χ1v) is 6.87. The molecule has 0 amide bonds. The Balaban J connectivity index is 2.44. The molecule has 94 valence electrons. The molecule has 0 spiro atoms. The lowest BCUT2D eigenvalue weighted by Gasteiger charge is -2.18. The first-order valence-electron chi connectivity index (χ1n) is 5.28. The van der Waals surface area contributed by atoms with Gasteiger partial charge in [0.1, 0.15) is 5.82 Å². The molecule has 0 aliphatic carbocycles. The van der Waals surface area contributed by atoms with Crippen LogP contribution in [0.2, 0.25) is 0 Å². The standard InChI is InChI=1S/C13H11Br2FN2/c14-9-3-6-12(15)11(7-9)13(18-17)8-1-4-10(16)5-2-8/h1-7,13,18H,17H2. The van der Waals surface area contributed by atoms with Gasteiger partial charge in [-0.1, -0.05) is 44.0 Å². The summed E-state index contributed by atoms with van der Waals surface area (Å²) in [5, 5.41) is 0. The predicted molar refractivity (Wildman–Crippen MR) is 77.4 cm³/mol. The van der Waals surface area contributed by atoms with Gasteiger partial charge < -0.3 is 0 Å². The van der Waals surface area contributed by atoms with Crippen LogP contribution < -0.4 is 11.3 Å². The molecule has 2 aromatic carbocycles. The molecular formula is C13H11Br2FN2. The second kappa shape index (κ2) is 5.93. The van der Waals surface area contributed by atoms with Crippen LogP contribution in [0.1, 0.15) is 17.2 Å². The maximum Gasteiger partial charge on any atom is 0.123 e. The maximum atomic E-state index is 12.9. The van der Waals surface area contributed by atoms with E-state index >= 15 is 0 Å². The summed E-state index contributed by atoms with van der Waals surface area (Å²) < 4.78 is 14.8. The molecule has 0 fully saturated rings. The number of hydrogen-bond acceptors (Lipinski definition) is 2. The highest BCUT2D eigenvalue weighted by atomic mass is 79.9. The molecule has 3 N–H and O–H groups in total. The molecule has 0 saturated carbocycles. The van der Waals surface area contributed by atoms with Gasteiger partial charge in [-0.3, -0.25) is 5.84 Å². The summed E-state index contributed by atoms with van der Waals surface area (Å²) in [6.45, 7) is 0. The van der Waals surface area contributed by atoms with Gasteiger partial charge in [0, 0.05) is 8.95 Å². The molecule has 1 atom stereocenters. The van der Waals surface area contributed by atoms with Gasteiger partial charge in [-0.2, -0.15) is 0 Å². The van der Waals surface area contributed by atoms with Crippen molar-refractivity contribution >= 4 is 31.9 Å². The van der Waals surface area contributed by atoms with Gasteiger partial charge in [-0.25, -0.2) is 9.82 Å². The van der Waals surface area contributed by atoms with Crippen molar-refractivity contribution in [3.63, 3.8) is 0 Å². The second-order valence-corrected chi connectivity index (χ2v) is 5.59. The minimum absolute atomic E-state index is 0.197. The Labute approximate surface area is 122 Å². The van der Waals surface area contributed by atoms with Crippen molar-refractivity contribution < 1.29 is 4.39 Å². The summed E-state index contributed by atoms with van der Waals surface area (Å²) in [5.41, 5.74) is 4.63. The summed E-state index contributed by atoms with van der Waals surface area (Å²) in [4.78, 5) is 0. The van der Waals surface area contributed by atoms with E-state index in [-0.39, 0.29) is 11.9 Å². The molecule has 0 bridgehead atoms. The summed E-state index contributed by atoms with van der Waals surface area (Å²) in [5.74, 6) is 5.35. The molecule has 0 radical (unpaired) electrons. The fourth-order valence-electron chi connectivity index (χ4n) is 1.76. The Hall–Kier alpha value is -0.750. The van der Waals surface area contributed by atoms with Crippen LogP contribution in [-0.4, -0.2) is 0 Å². The number of rotatable bonds is 3. The Morgan fingerprint density at radius 3 is 2.33 bits per heavy atom. The molecule has 2 aromatic rings. The average Bonchev–Trinajstić information content (AvgIpc) is 2.37. The van der Waals surface area contributed by atoms with Crippen molar-refractivity contribution in [3.8, 4) is 0 Å². The highest BCUT2D eigenvalue weighted by Crippen LogP contribution is 2.30. The Morgan fingerprint density at radius 1 is 1.06 bits per heavy atom. The molecule has 2 rings (SSSR count). The van der Waals surface area contributed by atoms with E-state index in [4.69, 9.17) is 5.84 Å². The Bertz CT molecular complexity index is 543. The third-order valence-corrected chi connectivity index (χ3v) is 3.85. The van der Waals surface area contributed by atoms with Crippen LogP contribution in [0.5, 0.6) is 0 Å². The van der Waals surface area contributed by atoms with Gasteiger partial charge in [0.2, 0.25) is 0 Å². The Morgan fingerprint density at radius 2 is 1.72 bits per heavy atom. The smallest absolute Gasteiger partial charge is 0.123 e. The van der Waals surface area contributed by atoms with Crippen LogP contribution >= 0.6 is 31.9 Å². The topological polar surface area (TPSA) is 38.0 Å². The monoisotopic (exact) mass is 372 g/mol. The van der Waals surface area contributed by atoms with Gasteiger partial charge in [0.05, 0.1) is 6.04 Å². The van der Waals surface area contributed by atoms with Crippen LogP contribution in [0.25, 0.3) is 0 Å². The summed E-state index contributed by atoms with van der Waals surface area (Å²) in [6, 6.07) is 11.9. The van der Waals surface area contributed by atoms with E-state index < -0.39 is 0 Å². The number of benzene rings is 2. The second-order valence-electron chi connectivity index (χ2n) is 3.82. The van der Waals surface area contributed by atoms with Gasteiger partial charge in [0.25, 0.3) is 0 Å². The largest absolute Gasteiger partial charge is 0.271 e. The molecule has 0 heterocycles. The van der Waals surface area contributed by atoms with E-state index in [1.54, 1.807) is 12.1 Å². The minimum atomic E-state index is -0.261. The van der Waals surface area contributed by atoms with E-state index in [9.17, 15) is 4.39 Å². The van der Waals surface area contributed by atoms with Crippen molar-refractivity contribution in [3.05, 3.63) is 68.4 Å². The van der Waals surface area contributed by atoms with Gasteiger partial charge >= 0.3 is 0 Å². The Kier molecular flexibility index (Phi) is 4.50. The number of nitrogens with two attached hydrogens (primary N) is 1. The first kappa shape index (κ1) is 13.7. The zero-order valence-corrected chi connectivity index (χ0v) is 12.5. The molecule has 0 aliphatic heterocycles. The van der Waals surface area contributed by atoms with Crippen LogP contribution in [0, 0.1) is 5.82 Å². The third kappa shape index (κ3) is 2.98. The lowest BCUT2D eigenvalue weighted by molar-refractivity contribution is 0.614. The number of hydrazine groups is 1. The molecular weight excluding hydrogens is 363 g/mol. The molecule has 0 saturated heterocycles. The quantitative estimate of drug-likeness (QED) is 0.632. The lowest BCUT2D eigenvalue weighted by Crippen LogP contribution is -2.29. The minimum Gasteiger partial charge on any atom is -0.271 e. The summed E-state index contributed by atoms with van der Waals surface area (Å²) in [7, 11) is 0. The van der Waals surface area contributed by atoms with Crippen molar-refractivity contribution in [1.82, 2.24) is 5.43 Å². The van der Waals surface area contributed by atoms with E-state index in [1.165, 1.54) is 12.1 Å². The zero-order chi connectivity index (χ0) is 13.1. The highest BCUT2D eigenvalue weighted by molar-refractivity contribution is 9.11. The van der Waals surface area contributed by atoms with E-state index in [1.807, 2.05) is 18.2 Å². The normalized spacial score (nSPS) is 12.4. The molecule has 0 aliphatic rings. The van der Waals surface area contributed by atoms with Crippen LogP contribution in [0.15, 0.2) is 51.4 Å². The first-order chi connectivity index (χ1) is 8.61. The van der Waals surface area contributed by atoms with Crippen LogP contribution in [0.3, 0.4) is 0 Å². The fraction of sp³-hybridized carbons (Fsp3) is 0.0769. The van der Waals surface area contributed by atoms with Crippen molar-refractivity contribution in [2.75, 3.05) is 0 Å². The van der Waals surface area contributed by atoms with Gasteiger partial charge in [-0.15, -0.1) is 0 Å². The number of halogens is 3. The molecule has 5 heteroatoms. The predicted octanol–water partition coefficient (Wildman–Crippen LogP) is 3.90. The number of hydrogen-bond donors (Lipinski definition) is 2. The molecule has 0 aromatic heterocycles. The summed E-state index contributed by atoms with van der Waals surface area (Å²) >= 11 is 6.92. The maximum absolute atomic E-state index is 12.9. The summed E-state index contributed by atoms with van der Waals surface area (Å²) in [6.07, 6.45) is 0.